The van der Waals surface area contributed by atoms with Crippen LogP contribution < -0.4 is 5.32 Å². The highest BCUT2D eigenvalue weighted by atomic mass is 35.5. The number of thiophene rings is 1. The maximum atomic E-state index is 5.74. The van der Waals surface area contributed by atoms with Crippen molar-refractivity contribution in [1.82, 2.24) is 9.78 Å². The Labute approximate surface area is 91.3 Å². The van der Waals surface area contributed by atoms with E-state index in [-0.39, 0.29) is 0 Å². The molecule has 0 unspecified atom stereocenters. The standard InChI is InChI=1S/C9H10ClN3S/c10-8-5-12-13(6-8)3-2-11-9-1-4-14-7-9/h1,4-7,11H,2-3H2. The van der Waals surface area contributed by atoms with Gasteiger partial charge in [-0.1, -0.05) is 11.6 Å². The predicted molar refractivity (Wildman–Crippen MR) is 60.0 cm³/mol. The highest BCUT2D eigenvalue weighted by Crippen LogP contribution is 2.11. The van der Waals surface area contributed by atoms with Crippen molar-refractivity contribution in [3.8, 4) is 0 Å². The van der Waals surface area contributed by atoms with Crippen LogP contribution in [0.2, 0.25) is 5.02 Å². The lowest BCUT2D eigenvalue weighted by atomic mass is 10.5. The third-order valence-electron chi connectivity index (χ3n) is 1.79. The summed E-state index contributed by atoms with van der Waals surface area (Å²) in [5.41, 5.74) is 1.16. The molecule has 0 aliphatic rings. The lowest BCUT2D eigenvalue weighted by Gasteiger charge is -2.03. The van der Waals surface area contributed by atoms with Gasteiger partial charge in [0.25, 0.3) is 0 Å². The van der Waals surface area contributed by atoms with E-state index in [1.54, 1.807) is 17.5 Å². The summed E-state index contributed by atoms with van der Waals surface area (Å²) in [7, 11) is 0. The van der Waals surface area contributed by atoms with Crippen molar-refractivity contribution < 1.29 is 0 Å². The lowest BCUT2D eigenvalue weighted by Crippen LogP contribution is -2.10. The molecule has 3 nitrogen and oxygen atoms in total. The average Bonchev–Trinajstić information content (AvgIpc) is 2.77. The van der Waals surface area contributed by atoms with Crippen LogP contribution in [0.1, 0.15) is 0 Å². The van der Waals surface area contributed by atoms with E-state index in [9.17, 15) is 0 Å². The van der Waals surface area contributed by atoms with E-state index in [0.29, 0.717) is 5.02 Å². The van der Waals surface area contributed by atoms with Gasteiger partial charge < -0.3 is 5.32 Å². The summed E-state index contributed by atoms with van der Waals surface area (Å²) in [6, 6.07) is 2.06. The number of hydrogen-bond donors (Lipinski definition) is 1. The van der Waals surface area contributed by atoms with Crippen molar-refractivity contribution >= 4 is 28.6 Å². The van der Waals surface area contributed by atoms with E-state index in [0.717, 1.165) is 18.8 Å². The fraction of sp³-hybridized carbons (Fsp3) is 0.222. The SMILES string of the molecule is Clc1cnn(CCNc2ccsc2)c1. The number of aromatic nitrogens is 2. The van der Waals surface area contributed by atoms with Gasteiger partial charge in [-0.15, -0.1) is 0 Å². The summed E-state index contributed by atoms with van der Waals surface area (Å²) >= 11 is 7.42. The Morgan fingerprint density at radius 2 is 2.50 bits per heavy atom. The van der Waals surface area contributed by atoms with Crippen molar-refractivity contribution in [3.63, 3.8) is 0 Å². The van der Waals surface area contributed by atoms with Crippen molar-refractivity contribution in [2.24, 2.45) is 0 Å². The molecule has 0 amide bonds. The first-order valence-corrected chi connectivity index (χ1v) is 5.61. The maximum absolute atomic E-state index is 5.74. The van der Waals surface area contributed by atoms with Crippen LogP contribution in [-0.4, -0.2) is 16.3 Å². The van der Waals surface area contributed by atoms with Crippen LogP contribution >= 0.6 is 22.9 Å². The number of hydrogen-bond acceptors (Lipinski definition) is 3. The van der Waals surface area contributed by atoms with Gasteiger partial charge in [0.2, 0.25) is 0 Å². The second kappa shape index (κ2) is 4.48. The Morgan fingerprint density at radius 1 is 1.57 bits per heavy atom. The van der Waals surface area contributed by atoms with E-state index in [2.05, 4.69) is 21.9 Å². The number of nitrogens with one attached hydrogen (secondary N) is 1. The number of halogens is 1. The molecule has 2 rings (SSSR count). The molecular weight excluding hydrogens is 218 g/mol. The zero-order valence-electron chi connectivity index (χ0n) is 7.48. The molecule has 0 atom stereocenters. The van der Waals surface area contributed by atoms with E-state index in [1.165, 1.54) is 0 Å². The Balaban J connectivity index is 1.78. The smallest absolute Gasteiger partial charge is 0.0785 e. The largest absolute Gasteiger partial charge is 0.383 e. The van der Waals surface area contributed by atoms with Crippen molar-refractivity contribution in [2.75, 3.05) is 11.9 Å². The molecule has 2 aromatic heterocycles. The molecule has 2 aromatic rings. The number of nitrogens with zero attached hydrogens (tertiary/aromatic N) is 2. The Morgan fingerprint density at radius 3 is 3.14 bits per heavy atom. The molecule has 14 heavy (non-hydrogen) atoms. The summed E-state index contributed by atoms with van der Waals surface area (Å²) in [5, 5.41) is 12.2. The number of rotatable bonds is 4. The molecule has 2 heterocycles. The molecule has 0 aromatic carbocycles. The first-order valence-electron chi connectivity index (χ1n) is 4.28. The Hall–Kier alpha value is -1.00. The van der Waals surface area contributed by atoms with Crippen LogP contribution in [0.15, 0.2) is 29.2 Å². The molecule has 0 aliphatic carbocycles. The van der Waals surface area contributed by atoms with Gasteiger partial charge in [-0.2, -0.15) is 16.4 Å². The van der Waals surface area contributed by atoms with Gasteiger partial charge >= 0.3 is 0 Å². The van der Waals surface area contributed by atoms with Gasteiger partial charge in [-0.25, -0.2) is 0 Å². The highest BCUT2D eigenvalue weighted by molar-refractivity contribution is 7.08. The summed E-state index contributed by atoms with van der Waals surface area (Å²) < 4.78 is 1.82. The van der Waals surface area contributed by atoms with Crippen LogP contribution in [0.5, 0.6) is 0 Å². The normalized spacial score (nSPS) is 10.4. The fourth-order valence-corrected chi connectivity index (χ4v) is 1.91. The van der Waals surface area contributed by atoms with E-state index in [1.807, 2.05) is 16.3 Å². The monoisotopic (exact) mass is 227 g/mol. The third-order valence-corrected chi connectivity index (χ3v) is 2.67. The average molecular weight is 228 g/mol. The molecule has 0 spiro atoms. The van der Waals surface area contributed by atoms with Gasteiger partial charge in [0.05, 0.1) is 17.8 Å². The molecule has 0 bridgehead atoms. The van der Waals surface area contributed by atoms with Crippen molar-refractivity contribution in [2.45, 2.75) is 6.54 Å². The van der Waals surface area contributed by atoms with Gasteiger partial charge in [-0.3, -0.25) is 4.68 Å². The summed E-state index contributed by atoms with van der Waals surface area (Å²) in [6.07, 6.45) is 3.46. The van der Waals surface area contributed by atoms with Gasteiger partial charge in [0.1, 0.15) is 0 Å². The van der Waals surface area contributed by atoms with Crippen molar-refractivity contribution in [3.05, 3.63) is 34.2 Å². The maximum Gasteiger partial charge on any atom is 0.0785 e. The minimum atomic E-state index is 0.681. The first kappa shape index (κ1) is 9.55. The van der Waals surface area contributed by atoms with E-state index < -0.39 is 0 Å². The van der Waals surface area contributed by atoms with Crippen LogP contribution in [0.25, 0.3) is 0 Å². The molecule has 0 saturated heterocycles. The fourth-order valence-electron chi connectivity index (χ4n) is 1.14. The summed E-state index contributed by atoms with van der Waals surface area (Å²) in [5.74, 6) is 0. The van der Waals surface area contributed by atoms with E-state index in [4.69, 9.17) is 11.6 Å². The van der Waals surface area contributed by atoms with Gasteiger partial charge in [0.15, 0.2) is 0 Å². The molecule has 1 N–H and O–H groups in total. The van der Waals surface area contributed by atoms with Gasteiger partial charge in [0, 0.05) is 23.8 Å². The molecule has 5 heteroatoms. The van der Waals surface area contributed by atoms with Crippen molar-refractivity contribution in [1.29, 1.82) is 0 Å². The molecule has 0 fully saturated rings. The Bertz CT molecular complexity index is 382. The first-order chi connectivity index (χ1) is 6.84. The van der Waals surface area contributed by atoms with Crippen LogP contribution in [0.4, 0.5) is 5.69 Å². The lowest BCUT2D eigenvalue weighted by molar-refractivity contribution is 0.638. The summed E-state index contributed by atoms with van der Waals surface area (Å²) in [4.78, 5) is 0. The molecule has 0 aliphatic heterocycles. The van der Waals surface area contributed by atoms with Crippen LogP contribution in [-0.2, 0) is 6.54 Å². The highest BCUT2D eigenvalue weighted by Gasteiger charge is 1.95. The zero-order valence-corrected chi connectivity index (χ0v) is 9.05. The predicted octanol–water partition coefficient (Wildman–Crippen LogP) is 2.71. The molecule has 0 radical (unpaired) electrons. The van der Waals surface area contributed by atoms with E-state index >= 15 is 0 Å². The quantitative estimate of drug-likeness (QED) is 0.871. The topological polar surface area (TPSA) is 29.9 Å². The third kappa shape index (κ3) is 2.49. The minimum Gasteiger partial charge on any atom is -0.383 e. The molecule has 74 valence electrons. The van der Waals surface area contributed by atoms with Crippen LogP contribution in [0.3, 0.4) is 0 Å². The zero-order chi connectivity index (χ0) is 9.80. The molecule has 0 saturated carbocycles. The van der Waals surface area contributed by atoms with Gasteiger partial charge in [-0.05, 0) is 11.4 Å². The minimum absolute atomic E-state index is 0.681. The second-order valence-corrected chi connectivity index (χ2v) is 4.08. The van der Waals surface area contributed by atoms with Crippen LogP contribution in [0, 0.1) is 0 Å². The summed E-state index contributed by atoms with van der Waals surface area (Å²) in [6.45, 7) is 1.68. The molecular formula is C9H10ClN3S. The Kier molecular flexibility index (Phi) is 3.06. The second-order valence-electron chi connectivity index (χ2n) is 2.86. The number of anilines is 1.